The van der Waals surface area contributed by atoms with Crippen molar-refractivity contribution in [3.05, 3.63) is 71.8 Å². The second-order valence-corrected chi connectivity index (χ2v) is 8.94. The van der Waals surface area contributed by atoms with Gasteiger partial charge in [-0.15, -0.1) is 0 Å². The van der Waals surface area contributed by atoms with Crippen LogP contribution in [0.4, 0.5) is 0 Å². The molecule has 2 aromatic carbocycles. The first kappa shape index (κ1) is 16.3. The Kier molecular flexibility index (Phi) is 5.19. The molecule has 23 heavy (non-hydrogen) atoms. The van der Waals surface area contributed by atoms with Crippen LogP contribution in [0.2, 0.25) is 0 Å². The zero-order valence-corrected chi connectivity index (χ0v) is 15.2. The van der Waals surface area contributed by atoms with Gasteiger partial charge in [0, 0.05) is 0 Å². The normalized spacial score (nSPS) is 27.4. The Morgan fingerprint density at radius 3 is 2.13 bits per heavy atom. The molecule has 1 fully saturated rings. The summed E-state index contributed by atoms with van der Waals surface area (Å²) in [6.45, 7) is 3.75. The van der Waals surface area contributed by atoms with E-state index in [2.05, 4.69) is 67.6 Å². The first-order chi connectivity index (χ1) is 11.1. The molecule has 0 saturated carbocycles. The molecule has 0 unspecified atom stereocenters. The summed E-state index contributed by atoms with van der Waals surface area (Å²) in [5, 5.41) is 0. The predicted molar refractivity (Wildman–Crippen MR) is 93.5 cm³/mol. The van der Waals surface area contributed by atoms with Gasteiger partial charge < -0.3 is 0 Å². The van der Waals surface area contributed by atoms with Gasteiger partial charge in [0.05, 0.1) is 0 Å². The molecule has 0 radical (unpaired) electrons. The summed E-state index contributed by atoms with van der Waals surface area (Å²) in [7, 11) is 0. The van der Waals surface area contributed by atoms with Gasteiger partial charge in [-0.05, 0) is 0 Å². The number of esters is 1. The van der Waals surface area contributed by atoms with Crippen molar-refractivity contribution in [3.8, 4) is 0 Å². The molecule has 3 heteroatoms. The molecular weight excluding hydrogens is 351 g/mol. The Labute approximate surface area is 144 Å². The fourth-order valence-electron chi connectivity index (χ4n) is 3.25. The maximum atomic E-state index is 11.5. The molecule has 0 N–H and O–H groups in total. The summed E-state index contributed by atoms with van der Waals surface area (Å²) in [6.07, 6.45) is 0.937. The van der Waals surface area contributed by atoms with E-state index in [1.807, 2.05) is 0 Å². The van der Waals surface area contributed by atoms with E-state index in [4.69, 9.17) is 4.74 Å². The third-order valence-corrected chi connectivity index (χ3v) is 8.19. The van der Waals surface area contributed by atoms with E-state index in [1.54, 1.807) is 0 Å². The van der Waals surface area contributed by atoms with Crippen LogP contribution in [0.25, 0.3) is 0 Å². The zero-order chi connectivity index (χ0) is 16.2. The van der Waals surface area contributed by atoms with Crippen molar-refractivity contribution in [2.24, 2.45) is 5.92 Å². The van der Waals surface area contributed by atoms with Crippen LogP contribution in [0.5, 0.6) is 0 Å². The van der Waals surface area contributed by atoms with Gasteiger partial charge in [0.1, 0.15) is 0 Å². The number of rotatable bonds is 3. The molecular formula is C20H22O2Se. The molecule has 1 heterocycles. The van der Waals surface area contributed by atoms with E-state index in [0.29, 0.717) is 30.5 Å². The summed E-state index contributed by atoms with van der Waals surface area (Å²) in [5.41, 5.74) is 2.75. The Morgan fingerprint density at radius 1 is 1.00 bits per heavy atom. The topological polar surface area (TPSA) is 26.3 Å². The molecule has 0 aliphatic carbocycles. The molecule has 1 saturated heterocycles. The van der Waals surface area contributed by atoms with Crippen molar-refractivity contribution in [1.82, 2.24) is 0 Å². The quantitative estimate of drug-likeness (QED) is 0.597. The van der Waals surface area contributed by atoms with Crippen LogP contribution in [0, 0.1) is 5.92 Å². The fraction of sp³-hybridized carbons (Fsp3) is 0.350. The van der Waals surface area contributed by atoms with Crippen LogP contribution in [-0.4, -0.2) is 27.0 Å². The van der Waals surface area contributed by atoms with Gasteiger partial charge in [-0.25, -0.2) is 0 Å². The number of carbonyl (C=O) groups excluding carboxylic acids is 1. The van der Waals surface area contributed by atoms with Crippen molar-refractivity contribution in [3.63, 3.8) is 0 Å². The van der Waals surface area contributed by atoms with Gasteiger partial charge in [-0.1, -0.05) is 0 Å². The van der Waals surface area contributed by atoms with Crippen LogP contribution >= 0.6 is 0 Å². The second kappa shape index (κ2) is 7.33. The first-order valence-corrected chi connectivity index (χ1v) is 10.1. The molecule has 2 nitrogen and oxygen atoms in total. The van der Waals surface area contributed by atoms with E-state index in [9.17, 15) is 4.79 Å². The van der Waals surface area contributed by atoms with Gasteiger partial charge in [0.2, 0.25) is 0 Å². The minimum atomic E-state index is -0.171. The van der Waals surface area contributed by atoms with Crippen LogP contribution in [0.15, 0.2) is 60.7 Å². The van der Waals surface area contributed by atoms with Crippen molar-refractivity contribution < 1.29 is 9.53 Å². The van der Waals surface area contributed by atoms with E-state index >= 15 is 0 Å². The summed E-state index contributed by atoms with van der Waals surface area (Å²) >= 11 is 0.443. The Morgan fingerprint density at radius 2 is 1.57 bits per heavy atom. The number of benzene rings is 2. The summed E-state index contributed by atoms with van der Waals surface area (Å²) in [4.78, 5) is 12.5. The third kappa shape index (κ3) is 3.85. The molecule has 120 valence electrons. The monoisotopic (exact) mass is 374 g/mol. The molecule has 3 rings (SSSR count). The van der Waals surface area contributed by atoms with E-state index < -0.39 is 0 Å². The van der Waals surface area contributed by atoms with Crippen molar-refractivity contribution in [2.45, 2.75) is 36.0 Å². The number of ether oxygens (including phenoxy) is 1. The standard InChI is InChI=1S/C20H22O2Se/c1-14-18(22-15(2)21)13-19(16-9-5-3-6-10-16)23-20(14)17-11-7-4-8-12-17/h3-12,14,18-20H,13H2,1-2H3/t14-,18-,19+,20-/m1/s1. The number of hydrogen-bond donors (Lipinski definition) is 0. The van der Waals surface area contributed by atoms with Gasteiger partial charge in [-0.3, -0.25) is 0 Å². The minimum absolute atomic E-state index is 0.00135. The average Bonchev–Trinajstić information content (AvgIpc) is 2.58. The molecule has 1 aliphatic heterocycles. The summed E-state index contributed by atoms with van der Waals surface area (Å²) < 4.78 is 5.68. The van der Waals surface area contributed by atoms with Gasteiger partial charge in [0.25, 0.3) is 0 Å². The molecule has 4 atom stereocenters. The van der Waals surface area contributed by atoms with Crippen LogP contribution in [-0.2, 0) is 9.53 Å². The summed E-state index contributed by atoms with van der Waals surface area (Å²) in [6, 6.07) is 21.3. The molecule has 0 aromatic heterocycles. The first-order valence-electron chi connectivity index (χ1n) is 8.07. The average molecular weight is 373 g/mol. The van der Waals surface area contributed by atoms with Crippen molar-refractivity contribution >= 4 is 20.9 Å². The zero-order valence-electron chi connectivity index (χ0n) is 13.5. The molecule has 0 spiro atoms. The Balaban J connectivity index is 1.90. The van der Waals surface area contributed by atoms with Crippen LogP contribution in [0.3, 0.4) is 0 Å². The van der Waals surface area contributed by atoms with Gasteiger partial charge in [0.15, 0.2) is 0 Å². The second-order valence-electron chi connectivity index (χ2n) is 6.11. The van der Waals surface area contributed by atoms with Crippen molar-refractivity contribution in [1.29, 1.82) is 0 Å². The maximum absolute atomic E-state index is 11.5. The van der Waals surface area contributed by atoms with E-state index in [0.717, 1.165) is 6.42 Å². The van der Waals surface area contributed by atoms with Crippen LogP contribution < -0.4 is 0 Å². The van der Waals surface area contributed by atoms with Crippen molar-refractivity contribution in [2.75, 3.05) is 0 Å². The predicted octanol–water partition coefficient (Wildman–Crippen LogP) is 4.14. The Bertz CT molecular complexity index is 641. The SMILES string of the molecule is CC(=O)O[C@@H]1C[C@@H](c2ccccc2)[Se][C@@H](c2ccccc2)[C@@H]1C. The Hall–Kier alpha value is -1.57. The van der Waals surface area contributed by atoms with E-state index in [1.165, 1.54) is 18.1 Å². The van der Waals surface area contributed by atoms with Gasteiger partial charge in [-0.2, -0.15) is 0 Å². The van der Waals surface area contributed by atoms with Gasteiger partial charge >= 0.3 is 144 Å². The molecule has 0 amide bonds. The number of hydrogen-bond acceptors (Lipinski definition) is 2. The summed E-state index contributed by atoms with van der Waals surface area (Å²) in [5.74, 6) is 0.191. The van der Waals surface area contributed by atoms with Crippen LogP contribution in [0.1, 0.15) is 41.0 Å². The molecule has 2 aromatic rings. The molecule has 1 aliphatic rings. The number of carbonyl (C=O) groups is 1. The molecule has 0 bridgehead atoms. The van der Waals surface area contributed by atoms with E-state index in [-0.39, 0.29) is 12.1 Å². The fourth-order valence-corrected chi connectivity index (χ4v) is 6.83. The third-order valence-electron chi connectivity index (χ3n) is 4.44.